The summed E-state index contributed by atoms with van der Waals surface area (Å²) in [6.07, 6.45) is 10.1. The molecule has 1 fully saturated rings. The largest absolute Gasteiger partial charge is 0.213 e. The first-order valence-electron chi connectivity index (χ1n) is 10.9. The van der Waals surface area contributed by atoms with Crippen molar-refractivity contribution in [3.63, 3.8) is 0 Å². The highest BCUT2D eigenvalue weighted by atomic mass is 14.9. The number of fused-ring (bicyclic) bond motifs is 3. The molecule has 1 heteroatoms. The van der Waals surface area contributed by atoms with E-state index in [1.807, 2.05) is 0 Å². The third-order valence-corrected chi connectivity index (χ3v) is 7.69. The van der Waals surface area contributed by atoms with Gasteiger partial charge >= 0.3 is 0 Å². The molecule has 0 saturated heterocycles. The molecule has 0 N–H and O–H groups in total. The number of nitrogens with zero attached hydrogens (tertiary/aromatic N) is 1. The fourth-order valence-electron chi connectivity index (χ4n) is 6.12. The van der Waals surface area contributed by atoms with E-state index in [2.05, 4.69) is 67.2 Å². The number of pyridine rings is 1. The molecular weight excluding hydrogens is 338 g/mol. The van der Waals surface area contributed by atoms with Gasteiger partial charge in [-0.05, 0) is 96.2 Å². The van der Waals surface area contributed by atoms with Gasteiger partial charge in [0.05, 0.1) is 5.56 Å². The van der Waals surface area contributed by atoms with Crippen LogP contribution >= 0.6 is 0 Å². The van der Waals surface area contributed by atoms with Crippen molar-refractivity contribution in [2.24, 2.45) is 13.0 Å². The van der Waals surface area contributed by atoms with Crippen LogP contribution in [0.2, 0.25) is 0 Å². The molecule has 7 rings (SSSR count). The monoisotopic (exact) mass is 366 g/mol. The third kappa shape index (κ3) is 2.35. The summed E-state index contributed by atoms with van der Waals surface area (Å²) in [7, 11) is 2.21. The Morgan fingerprint density at radius 3 is 2.57 bits per heavy atom. The summed E-state index contributed by atoms with van der Waals surface area (Å²) >= 11 is 0. The lowest BCUT2D eigenvalue weighted by atomic mass is 9.76. The molecule has 4 aliphatic rings. The van der Waals surface area contributed by atoms with E-state index < -0.39 is 0 Å². The summed E-state index contributed by atoms with van der Waals surface area (Å²) in [6.45, 7) is 2.29. The minimum atomic E-state index is 0.734. The molecule has 2 aromatic carbocycles. The fraction of sp³-hybridized carbons (Fsp3) is 0.370. The Labute approximate surface area is 168 Å². The molecule has 0 amide bonds. The zero-order valence-electron chi connectivity index (χ0n) is 17.0. The van der Waals surface area contributed by atoms with Crippen molar-refractivity contribution in [3.8, 4) is 22.4 Å². The number of aromatic nitrogens is 1. The number of rotatable bonds is 0. The van der Waals surface area contributed by atoms with Gasteiger partial charge in [-0.2, -0.15) is 0 Å². The zero-order chi connectivity index (χ0) is 18.8. The normalized spacial score (nSPS) is 21.8. The van der Waals surface area contributed by atoms with E-state index in [-0.39, 0.29) is 0 Å². The van der Waals surface area contributed by atoms with Crippen LogP contribution in [0.15, 0.2) is 48.7 Å². The Morgan fingerprint density at radius 2 is 1.71 bits per heavy atom. The molecule has 140 valence electrons. The molecule has 0 atom stereocenters. The lowest BCUT2D eigenvalue weighted by Crippen LogP contribution is -2.31. The van der Waals surface area contributed by atoms with Crippen LogP contribution in [0.3, 0.4) is 0 Å². The van der Waals surface area contributed by atoms with E-state index in [1.54, 1.807) is 22.3 Å². The molecule has 1 saturated carbocycles. The first kappa shape index (κ1) is 16.5. The van der Waals surface area contributed by atoms with Crippen molar-refractivity contribution in [3.05, 3.63) is 76.5 Å². The van der Waals surface area contributed by atoms with E-state index in [0.29, 0.717) is 0 Å². The van der Waals surface area contributed by atoms with Crippen LogP contribution in [0.5, 0.6) is 0 Å². The summed E-state index contributed by atoms with van der Waals surface area (Å²) in [6, 6.07) is 16.6. The van der Waals surface area contributed by atoms with Gasteiger partial charge in [0.1, 0.15) is 7.05 Å². The predicted octanol–water partition coefficient (Wildman–Crippen LogP) is 5.89. The average molecular weight is 367 g/mol. The van der Waals surface area contributed by atoms with Crippen LogP contribution in [0.1, 0.15) is 59.4 Å². The second-order valence-electron chi connectivity index (χ2n) is 9.28. The van der Waals surface area contributed by atoms with E-state index in [4.69, 9.17) is 0 Å². The lowest BCUT2D eigenvalue weighted by Gasteiger charge is -2.29. The summed E-state index contributed by atoms with van der Waals surface area (Å²) in [4.78, 5) is 0. The van der Waals surface area contributed by atoms with E-state index in [0.717, 1.165) is 18.3 Å². The number of aryl methyl sites for hydroxylation is 2. The number of benzene rings is 2. The Bertz CT molecular complexity index is 1100. The zero-order valence-corrected chi connectivity index (χ0v) is 17.0. The maximum absolute atomic E-state index is 2.51. The Hall–Kier alpha value is -2.41. The molecule has 0 radical (unpaired) electrons. The Balaban J connectivity index is 1.67. The highest BCUT2D eigenvalue weighted by Gasteiger charge is 2.31. The van der Waals surface area contributed by atoms with Gasteiger partial charge < -0.3 is 0 Å². The van der Waals surface area contributed by atoms with Crippen molar-refractivity contribution < 1.29 is 4.57 Å². The second kappa shape index (κ2) is 6.04. The smallest absolute Gasteiger partial charge is 0.201 e. The van der Waals surface area contributed by atoms with Crippen molar-refractivity contribution in [1.82, 2.24) is 0 Å². The van der Waals surface area contributed by atoms with Crippen LogP contribution in [0, 0.1) is 12.8 Å². The third-order valence-electron chi connectivity index (χ3n) is 7.69. The number of hydrogen-bond donors (Lipinski definition) is 0. The van der Waals surface area contributed by atoms with Crippen molar-refractivity contribution in [2.45, 2.75) is 51.4 Å². The minimum Gasteiger partial charge on any atom is -0.201 e. The minimum absolute atomic E-state index is 0.734. The molecule has 0 spiro atoms. The van der Waals surface area contributed by atoms with Gasteiger partial charge in [-0.25, -0.2) is 4.57 Å². The van der Waals surface area contributed by atoms with Gasteiger partial charge in [-0.1, -0.05) is 30.3 Å². The highest BCUT2D eigenvalue weighted by Crippen LogP contribution is 2.46. The molecule has 0 aliphatic heterocycles. The predicted molar refractivity (Wildman–Crippen MR) is 114 cm³/mol. The summed E-state index contributed by atoms with van der Waals surface area (Å²) < 4.78 is 2.33. The molecule has 1 aromatic heterocycles. The molecule has 0 unspecified atom stereocenters. The lowest BCUT2D eigenvalue weighted by molar-refractivity contribution is -0.660. The van der Waals surface area contributed by atoms with Crippen LogP contribution in [-0.2, 0) is 19.9 Å². The average Bonchev–Trinajstić information content (AvgIpc) is 3.09. The number of hydrogen-bond acceptors (Lipinski definition) is 0. The standard InChI is InChI=1S/C27H28N/c1-17-6-11-23-22-5-3-4-21-14-18-7-9-19(10-8-18)20-12-13-28(2)26(15-20)27(17)25(23)16-24(21)22/h3-6,11-13,15,18-19H,7-10,14,16H2,1-2H3/q+1. The second-order valence-corrected chi connectivity index (χ2v) is 9.28. The highest BCUT2D eigenvalue weighted by molar-refractivity contribution is 5.85. The first-order chi connectivity index (χ1) is 13.7. The van der Waals surface area contributed by atoms with Gasteiger partial charge in [-0.3, -0.25) is 0 Å². The van der Waals surface area contributed by atoms with Crippen molar-refractivity contribution >= 4 is 0 Å². The Kier molecular flexibility index (Phi) is 3.57. The van der Waals surface area contributed by atoms with E-state index in [9.17, 15) is 0 Å². The SMILES string of the molecule is Cc1ccc2c3c1-c1cc(cc[n+]1C)C1CCC(CC1)Cc1cccc-2c1C3. The summed E-state index contributed by atoms with van der Waals surface area (Å²) in [5.74, 6) is 1.59. The maximum Gasteiger partial charge on any atom is 0.213 e. The quantitative estimate of drug-likeness (QED) is 0.342. The van der Waals surface area contributed by atoms with Gasteiger partial charge in [0.2, 0.25) is 5.69 Å². The van der Waals surface area contributed by atoms with Crippen LogP contribution in [-0.4, -0.2) is 0 Å². The molecule has 1 nitrogen and oxygen atoms in total. The van der Waals surface area contributed by atoms with Gasteiger partial charge in [-0.15, -0.1) is 0 Å². The molecule has 1 heterocycles. The van der Waals surface area contributed by atoms with E-state index >= 15 is 0 Å². The molecule has 6 bridgehead atoms. The maximum atomic E-state index is 2.51. The topological polar surface area (TPSA) is 3.88 Å². The molecule has 28 heavy (non-hydrogen) atoms. The molecule has 4 aliphatic carbocycles. The Morgan fingerprint density at radius 1 is 0.893 bits per heavy atom. The van der Waals surface area contributed by atoms with Gasteiger partial charge in [0.25, 0.3) is 0 Å². The summed E-state index contributed by atoms with van der Waals surface area (Å²) in [5, 5.41) is 0. The van der Waals surface area contributed by atoms with Gasteiger partial charge in [0.15, 0.2) is 6.20 Å². The van der Waals surface area contributed by atoms with Crippen LogP contribution in [0.25, 0.3) is 22.4 Å². The van der Waals surface area contributed by atoms with Crippen LogP contribution < -0.4 is 4.57 Å². The summed E-state index contributed by atoms with van der Waals surface area (Å²) in [5.41, 5.74) is 13.5. The van der Waals surface area contributed by atoms with Crippen LogP contribution in [0.4, 0.5) is 0 Å². The molecule has 3 aromatic rings. The van der Waals surface area contributed by atoms with Crippen molar-refractivity contribution in [2.75, 3.05) is 0 Å². The fourth-order valence-corrected chi connectivity index (χ4v) is 6.12. The molecular formula is C27H28N+. The van der Waals surface area contributed by atoms with E-state index in [1.165, 1.54) is 60.1 Å². The van der Waals surface area contributed by atoms with Gasteiger partial charge in [0, 0.05) is 12.1 Å². The first-order valence-corrected chi connectivity index (χ1v) is 10.9. The van der Waals surface area contributed by atoms with Crippen molar-refractivity contribution in [1.29, 1.82) is 0 Å².